The topological polar surface area (TPSA) is 105 Å². The maximum atomic E-state index is 12.8. The minimum Gasteiger partial charge on any atom is -0.480 e. The van der Waals surface area contributed by atoms with Gasteiger partial charge in [-0.2, -0.15) is 0 Å². The van der Waals surface area contributed by atoms with Crippen LogP contribution in [0, 0.1) is 19.8 Å². The fourth-order valence-electron chi connectivity index (χ4n) is 3.26. The van der Waals surface area contributed by atoms with E-state index in [2.05, 4.69) is 10.6 Å². The Morgan fingerprint density at radius 1 is 0.935 bits per heavy atom. The minimum absolute atomic E-state index is 0.0728. The van der Waals surface area contributed by atoms with E-state index in [1.165, 1.54) is 0 Å². The second-order valence-corrected chi connectivity index (χ2v) is 7.90. The molecule has 0 aliphatic carbocycles. The summed E-state index contributed by atoms with van der Waals surface area (Å²) in [6, 6.07) is 12.9. The maximum absolute atomic E-state index is 12.8. The lowest BCUT2D eigenvalue weighted by Gasteiger charge is -2.24. The van der Waals surface area contributed by atoms with Crippen molar-refractivity contribution in [2.24, 2.45) is 5.92 Å². The van der Waals surface area contributed by atoms with E-state index >= 15 is 0 Å². The van der Waals surface area contributed by atoms with E-state index in [9.17, 15) is 19.5 Å². The van der Waals surface area contributed by atoms with Crippen molar-refractivity contribution < 1.29 is 24.2 Å². The van der Waals surface area contributed by atoms with Crippen LogP contribution in [0.2, 0.25) is 0 Å². The molecule has 0 aliphatic heterocycles. The lowest BCUT2D eigenvalue weighted by atomic mass is 9.95. The Bertz CT molecular complexity index is 891. The largest absolute Gasteiger partial charge is 0.480 e. The molecule has 2 aromatic rings. The van der Waals surface area contributed by atoms with Crippen LogP contribution in [0.25, 0.3) is 0 Å². The predicted molar refractivity (Wildman–Crippen MR) is 118 cm³/mol. The molecule has 7 heteroatoms. The molecule has 2 amide bonds. The van der Waals surface area contributed by atoms with E-state index < -0.39 is 30.1 Å². The van der Waals surface area contributed by atoms with Gasteiger partial charge in [0.15, 0.2) is 0 Å². The lowest BCUT2D eigenvalue weighted by Crippen LogP contribution is -2.54. The van der Waals surface area contributed by atoms with Crippen molar-refractivity contribution in [3.05, 3.63) is 70.8 Å². The lowest BCUT2D eigenvalue weighted by molar-refractivity contribution is -0.142. The van der Waals surface area contributed by atoms with Crippen LogP contribution in [0.3, 0.4) is 0 Å². The number of carboxylic acid groups (broad SMARTS) is 1. The number of aliphatic carboxylic acids is 1. The summed E-state index contributed by atoms with van der Waals surface area (Å²) in [5, 5.41) is 14.8. The zero-order chi connectivity index (χ0) is 23.0. The normalized spacial score (nSPS) is 12.7. The van der Waals surface area contributed by atoms with Crippen LogP contribution < -0.4 is 10.6 Å². The molecule has 0 spiro atoms. The number of aryl methyl sites for hydroxylation is 2. The Morgan fingerprint density at radius 2 is 1.55 bits per heavy atom. The van der Waals surface area contributed by atoms with Crippen LogP contribution in [0.1, 0.15) is 36.1 Å². The van der Waals surface area contributed by atoms with Crippen molar-refractivity contribution in [3.63, 3.8) is 0 Å². The molecular formula is C24H30N2O5. The molecule has 0 unspecified atom stereocenters. The third-order valence-corrected chi connectivity index (χ3v) is 5.10. The van der Waals surface area contributed by atoms with Crippen LogP contribution in [-0.2, 0) is 27.4 Å². The van der Waals surface area contributed by atoms with Crippen LogP contribution in [0.4, 0.5) is 4.79 Å². The molecule has 2 atom stereocenters. The maximum Gasteiger partial charge on any atom is 0.408 e. The molecule has 0 saturated carbocycles. The second-order valence-electron chi connectivity index (χ2n) is 7.90. The molecule has 166 valence electrons. The van der Waals surface area contributed by atoms with Gasteiger partial charge in [0.25, 0.3) is 0 Å². The summed E-state index contributed by atoms with van der Waals surface area (Å²) in [4.78, 5) is 36.8. The van der Waals surface area contributed by atoms with Gasteiger partial charge in [0, 0.05) is 6.42 Å². The van der Waals surface area contributed by atoms with Crippen molar-refractivity contribution in [2.75, 3.05) is 0 Å². The van der Waals surface area contributed by atoms with Crippen molar-refractivity contribution >= 4 is 18.0 Å². The van der Waals surface area contributed by atoms with E-state index in [0.717, 1.165) is 22.3 Å². The number of carbonyl (C=O) groups excluding carboxylic acids is 2. The minimum atomic E-state index is -1.13. The van der Waals surface area contributed by atoms with Crippen molar-refractivity contribution in [1.82, 2.24) is 10.6 Å². The van der Waals surface area contributed by atoms with E-state index in [1.807, 2.05) is 62.4 Å². The number of rotatable bonds is 9. The van der Waals surface area contributed by atoms with Crippen LogP contribution in [0.5, 0.6) is 0 Å². The second kappa shape index (κ2) is 11.2. The van der Waals surface area contributed by atoms with Gasteiger partial charge in [0.1, 0.15) is 18.7 Å². The summed E-state index contributed by atoms with van der Waals surface area (Å²) in [6.07, 6.45) is -0.581. The number of hydrogen-bond acceptors (Lipinski definition) is 4. The average Bonchev–Trinajstić information content (AvgIpc) is 2.72. The van der Waals surface area contributed by atoms with Crippen LogP contribution in [0.15, 0.2) is 48.5 Å². The highest BCUT2D eigenvalue weighted by atomic mass is 16.5. The Kier molecular flexibility index (Phi) is 8.61. The molecule has 0 aliphatic rings. The molecule has 2 rings (SSSR count). The Morgan fingerprint density at radius 3 is 2.10 bits per heavy atom. The first-order chi connectivity index (χ1) is 14.7. The molecule has 0 saturated heterocycles. The van der Waals surface area contributed by atoms with E-state index in [4.69, 9.17) is 4.74 Å². The monoisotopic (exact) mass is 426 g/mol. The first-order valence-electron chi connectivity index (χ1n) is 10.2. The van der Waals surface area contributed by atoms with Gasteiger partial charge in [-0.15, -0.1) is 0 Å². The molecule has 0 bridgehead atoms. The SMILES string of the molecule is Cc1cccc(C)c1C[C@@H](NC(=O)[C@@H](NC(=O)OCc1ccccc1)C(C)C)C(=O)O. The molecule has 0 aromatic heterocycles. The summed E-state index contributed by atoms with van der Waals surface area (Å²) in [5.41, 5.74) is 3.63. The third kappa shape index (κ3) is 7.13. The van der Waals surface area contributed by atoms with Crippen molar-refractivity contribution in [1.29, 1.82) is 0 Å². The Hall–Kier alpha value is -3.35. The van der Waals surface area contributed by atoms with E-state index in [1.54, 1.807) is 13.8 Å². The molecular weight excluding hydrogens is 396 g/mol. The highest BCUT2D eigenvalue weighted by molar-refractivity contribution is 5.89. The molecule has 2 aromatic carbocycles. The number of amides is 2. The number of hydrogen-bond donors (Lipinski definition) is 3. The van der Waals surface area contributed by atoms with Gasteiger partial charge < -0.3 is 20.5 Å². The van der Waals surface area contributed by atoms with Crippen molar-refractivity contribution in [3.8, 4) is 0 Å². The van der Waals surface area contributed by atoms with Gasteiger partial charge in [-0.05, 0) is 42.0 Å². The van der Waals surface area contributed by atoms with Gasteiger partial charge in [0.2, 0.25) is 5.91 Å². The average molecular weight is 427 g/mol. The molecule has 0 heterocycles. The van der Waals surface area contributed by atoms with Gasteiger partial charge in [-0.25, -0.2) is 9.59 Å². The molecule has 3 N–H and O–H groups in total. The smallest absolute Gasteiger partial charge is 0.408 e. The van der Waals surface area contributed by atoms with Gasteiger partial charge in [0.05, 0.1) is 0 Å². The summed E-state index contributed by atoms with van der Waals surface area (Å²) in [5.74, 6) is -1.96. The third-order valence-electron chi connectivity index (χ3n) is 5.10. The van der Waals surface area contributed by atoms with Crippen LogP contribution in [-0.4, -0.2) is 35.2 Å². The standard InChI is InChI=1S/C24H30N2O5/c1-15(2)21(26-24(30)31-14-18-11-6-5-7-12-18)22(27)25-20(23(28)29)13-19-16(3)9-8-10-17(19)4/h5-12,15,20-21H,13-14H2,1-4H3,(H,25,27)(H,26,30)(H,28,29)/t20-,21+/m1/s1. The first-order valence-corrected chi connectivity index (χ1v) is 10.2. The Balaban J connectivity index is 2.03. The van der Waals surface area contributed by atoms with E-state index in [-0.39, 0.29) is 18.9 Å². The highest BCUT2D eigenvalue weighted by Crippen LogP contribution is 2.16. The predicted octanol–water partition coefficient (Wildman–Crippen LogP) is 3.37. The summed E-state index contributed by atoms with van der Waals surface area (Å²) in [7, 11) is 0. The fourth-order valence-corrected chi connectivity index (χ4v) is 3.26. The number of nitrogens with one attached hydrogen (secondary N) is 2. The summed E-state index contributed by atoms with van der Waals surface area (Å²) < 4.78 is 5.19. The summed E-state index contributed by atoms with van der Waals surface area (Å²) >= 11 is 0. The number of carboxylic acids is 1. The number of alkyl carbamates (subject to hydrolysis) is 1. The number of benzene rings is 2. The van der Waals surface area contributed by atoms with Gasteiger partial charge in [-0.3, -0.25) is 4.79 Å². The molecule has 7 nitrogen and oxygen atoms in total. The summed E-state index contributed by atoms with van der Waals surface area (Å²) in [6.45, 7) is 7.42. The molecule has 0 radical (unpaired) electrons. The molecule has 0 fully saturated rings. The van der Waals surface area contributed by atoms with E-state index in [0.29, 0.717) is 0 Å². The zero-order valence-corrected chi connectivity index (χ0v) is 18.3. The molecule has 31 heavy (non-hydrogen) atoms. The van der Waals surface area contributed by atoms with Crippen LogP contribution >= 0.6 is 0 Å². The van der Waals surface area contributed by atoms with Crippen molar-refractivity contribution in [2.45, 2.75) is 52.8 Å². The zero-order valence-electron chi connectivity index (χ0n) is 18.3. The quantitative estimate of drug-likeness (QED) is 0.570. The fraction of sp³-hybridized carbons (Fsp3) is 0.375. The van der Waals surface area contributed by atoms with Gasteiger partial charge in [-0.1, -0.05) is 62.4 Å². The Labute approximate surface area is 182 Å². The highest BCUT2D eigenvalue weighted by Gasteiger charge is 2.29. The first kappa shape index (κ1) is 23.9. The van der Waals surface area contributed by atoms with Gasteiger partial charge >= 0.3 is 12.1 Å². The number of carbonyl (C=O) groups is 3. The number of ether oxygens (including phenoxy) is 1.